The van der Waals surface area contributed by atoms with E-state index < -0.39 is 32.4 Å². The Morgan fingerprint density at radius 2 is 0.964 bits per heavy atom. The fraction of sp³-hybridized carbons (Fsp3) is 0.100. The molecule has 0 unspecified atom stereocenters. The van der Waals surface area contributed by atoms with Crippen LogP contribution >= 0.6 is 10.3 Å². The molecular formula is C20H17F3O3S2. The van der Waals surface area contributed by atoms with Gasteiger partial charge in [-0.15, -0.1) is 0 Å². The van der Waals surface area contributed by atoms with Crippen LogP contribution in [0.15, 0.2) is 106 Å². The van der Waals surface area contributed by atoms with E-state index in [9.17, 15) is 21.6 Å². The minimum absolute atomic E-state index is 0.484. The first-order valence-corrected chi connectivity index (χ1v) is 11.4. The third kappa shape index (κ3) is 4.57. The van der Waals surface area contributed by atoms with Gasteiger partial charge < -0.3 is 0 Å². The van der Waals surface area contributed by atoms with E-state index in [1.165, 1.54) is 0 Å². The molecule has 0 spiro atoms. The van der Waals surface area contributed by atoms with Crippen LogP contribution in [0.25, 0.3) is 0 Å². The summed E-state index contributed by atoms with van der Waals surface area (Å²) in [6.45, 7) is 0. The second kappa shape index (κ2) is 7.98. The molecule has 0 saturated heterocycles. The van der Waals surface area contributed by atoms with Crippen molar-refractivity contribution in [2.45, 2.75) is 20.9 Å². The predicted molar refractivity (Wildman–Crippen MR) is 103 cm³/mol. The van der Waals surface area contributed by atoms with E-state index in [-0.39, 0.29) is 0 Å². The normalized spacial score (nSPS) is 13.2. The smallest absolute Gasteiger partial charge is 0.206 e. The second-order valence-electron chi connectivity index (χ2n) is 5.88. The van der Waals surface area contributed by atoms with Gasteiger partial charge >= 0.3 is 6.18 Å². The van der Waals surface area contributed by atoms with Gasteiger partial charge in [-0.25, -0.2) is 3.63 Å². The molecular weight excluding hydrogens is 409 g/mol. The first kappa shape index (κ1) is 20.4. The Labute approximate surface area is 163 Å². The maximum Gasteiger partial charge on any atom is 0.405 e. The van der Waals surface area contributed by atoms with Crippen molar-refractivity contribution in [2.24, 2.45) is 0 Å². The Morgan fingerprint density at radius 1 is 0.643 bits per heavy atom. The van der Waals surface area contributed by atoms with Crippen LogP contribution in [-0.2, 0) is 13.7 Å². The van der Waals surface area contributed by atoms with E-state index in [1.54, 1.807) is 91.0 Å². The zero-order valence-electron chi connectivity index (χ0n) is 14.5. The molecule has 3 aromatic carbocycles. The molecule has 0 saturated carbocycles. The zero-order chi connectivity index (χ0) is 20.3. The number of alkyl halides is 3. The maximum atomic E-state index is 12.9. The van der Waals surface area contributed by atoms with Gasteiger partial charge in [-0.3, -0.25) is 0 Å². The Morgan fingerprint density at radius 3 is 1.25 bits per heavy atom. The van der Waals surface area contributed by atoms with Gasteiger partial charge in [0.15, 0.2) is 5.75 Å². The van der Waals surface area contributed by atoms with E-state index in [4.69, 9.17) is 3.63 Å². The highest BCUT2D eigenvalue weighted by atomic mass is 32.3. The van der Waals surface area contributed by atoms with Crippen LogP contribution in [0, 0.1) is 0 Å². The summed E-state index contributed by atoms with van der Waals surface area (Å²) in [6.07, 6.45) is -4.91. The number of benzene rings is 3. The van der Waals surface area contributed by atoms with Crippen molar-refractivity contribution >= 4 is 20.4 Å². The summed E-state index contributed by atoms with van der Waals surface area (Å²) >= 11 is 0. The molecule has 0 radical (unpaired) electrons. The van der Waals surface area contributed by atoms with Gasteiger partial charge in [-0.05, 0) is 46.7 Å². The molecule has 3 rings (SSSR count). The van der Waals surface area contributed by atoms with E-state index >= 15 is 0 Å². The lowest BCUT2D eigenvalue weighted by molar-refractivity contribution is -0.107. The summed E-state index contributed by atoms with van der Waals surface area (Å²) in [4.78, 5) is 1.45. The van der Waals surface area contributed by atoms with E-state index in [2.05, 4.69) is 0 Å². The van der Waals surface area contributed by atoms with Crippen molar-refractivity contribution in [2.75, 3.05) is 5.75 Å². The van der Waals surface area contributed by atoms with Gasteiger partial charge in [0, 0.05) is 14.7 Å². The highest BCUT2D eigenvalue weighted by Gasteiger charge is 2.42. The minimum Gasteiger partial charge on any atom is -0.206 e. The molecule has 3 nitrogen and oxygen atoms in total. The summed E-state index contributed by atoms with van der Waals surface area (Å²) in [5, 5.41) is 0. The average Bonchev–Trinajstić information content (AvgIpc) is 2.66. The van der Waals surface area contributed by atoms with Crippen molar-refractivity contribution in [3.63, 3.8) is 0 Å². The standard InChI is InChI=1S/C20H17F3O3S2/c21-20(22,23)16-27(24,25)26-28(17-10-4-1-5-11-17,18-12-6-2-7-13-18)19-14-8-3-9-15-19/h1-15H,16H2. The number of hydrogen-bond donors (Lipinski definition) is 0. The second-order valence-corrected chi connectivity index (χ2v) is 10.4. The molecule has 0 N–H and O–H groups in total. The molecule has 0 fully saturated rings. The van der Waals surface area contributed by atoms with Gasteiger partial charge in [0.1, 0.15) is 0 Å². The van der Waals surface area contributed by atoms with Gasteiger partial charge in [0.05, 0.1) is 0 Å². The molecule has 28 heavy (non-hydrogen) atoms. The van der Waals surface area contributed by atoms with Crippen LogP contribution < -0.4 is 0 Å². The van der Waals surface area contributed by atoms with Crippen LogP contribution in [0.2, 0.25) is 0 Å². The summed E-state index contributed by atoms with van der Waals surface area (Å²) in [5.41, 5.74) is 0. The summed E-state index contributed by atoms with van der Waals surface area (Å²) < 4.78 is 69.1. The van der Waals surface area contributed by atoms with Crippen molar-refractivity contribution in [1.82, 2.24) is 0 Å². The fourth-order valence-electron chi connectivity index (χ4n) is 2.74. The van der Waals surface area contributed by atoms with Crippen molar-refractivity contribution in [3.05, 3.63) is 91.0 Å². The zero-order valence-corrected chi connectivity index (χ0v) is 16.2. The molecule has 3 aromatic rings. The van der Waals surface area contributed by atoms with Crippen molar-refractivity contribution in [1.29, 1.82) is 0 Å². The Bertz CT molecular complexity index is 910. The van der Waals surface area contributed by atoms with E-state index in [1.807, 2.05) is 0 Å². The van der Waals surface area contributed by atoms with Crippen LogP contribution in [0.3, 0.4) is 0 Å². The lowest BCUT2D eigenvalue weighted by Crippen LogP contribution is -2.26. The average molecular weight is 426 g/mol. The van der Waals surface area contributed by atoms with E-state index in [0.717, 1.165) is 0 Å². The van der Waals surface area contributed by atoms with E-state index in [0.29, 0.717) is 14.7 Å². The summed E-state index contributed by atoms with van der Waals surface area (Å²) in [5.74, 6) is -2.05. The van der Waals surface area contributed by atoms with Crippen LogP contribution in [-0.4, -0.2) is 20.3 Å². The Balaban J connectivity index is 2.29. The van der Waals surface area contributed by atoms with Crippen molar-refractivity contribution in [3.8, 4) is 0 Å². The molecule has 8 heteroatoms. The summed E-state index contributed by atoms with van der Waals surface area (Å²) in [7, 11) is -7.88. The number of halogens is 3. The quantitative estimate of drug-likeness (QED) is 0.501. The summed E-state index contributed by atoms with van der Waals surface area (Å²) in [6, 6.07) is 25.4. The first-order valence-electron chi connectivity index (χ1n) is 8.22. The number of hydrogen-bond acceptors (Lipinski definition) is 3. The molecule has 148 valence electrons. The van der Waals surface area contributed by atoms with Crippen LogP contribution in [0.5, 0.6) is 0 Å². The molecule has 0 amide bonds. The monoisotopic (exact) mass is 426 g/mol. The van der Waals surface area contributed by atoms with Crippen LogP contribution in [0.1, 0.15) is 0 Å². The predicted octanol–water partition coefficient (Wildman–Crippen LogP) is 5.79. The molecule has 0 aliphatic heterocycles. The molecule has 0 aliphatic carbocycles. The minimum atomic E-state index is -4.93. The molecule has 0 aromatic heterocycles. The van der Waals surface area contributed by atoms with Gasteiger partial charge in [0.25, 0.3) is 10.1 Å². The lowest BCUT2D eigenvalue weighted by atomic mass is 10.4. The third-order valence-corrected chi connectivity index (χ3v) is 8.91. The SMILES string of the molecule is O=S(=O)(CC(F)(F)F)OS(c1ccccc1)(c1ccccc1)c1ccccc1. The van der Waals surface area contributed by atoms with Gasteiger partial charge in [-0.1, -0.05) is 54.6 Å². The largest absolute Gasteiger partial charge is 0.405 e. The fourth-order valence-corrected chi connectivity index (χ4v) is 7.96. The molecule has 0 aliphatic rings. The highest BCUT2D eigenvalue weighted by molar-refractivity contribution is 8.33. The topological polar surface area (TPSA) is 43.4 Å². The third-order valence-electron chi connectivity index (χ3n) is 3.77. The van der Waals surface area contributed by atoms with Gasteiger partial charge in [0.2, 0.25) is 0 Å². The number of rotatable bonds is 6. The lowest BCUT2D eigenvalue weighted by Gasteiger charge is -2.39. The highest BCUT2D eigenvalue weighted by Crippen LogP contribution is 2.69. The van der Waals surface area contributed by atoms with Gasteiger partial charge in [-0.2, -0.15) is 21.6 Å². The first-order chi connectivity index (χ1) is 13.2. The van der Waals surface area contributed by atoms with Crippen molar-refractivity contribution < 1.29 is 25.2 Å². The molecule has 0 heterocycles. The Hall–Kier alpha value is -2.29. The maximum absolute atomic E-state index is 12.9. The van der Waals surface area contributed by atoms with Crippen LogP contribution in [0.4, 0.5) is 13.2 Å². The Kier molecular flexibility index (Phi) is 5.83. The molecule has 0 bridgehead atoms. The molecule has 0 atom stereocenters.